The van der Waals surface area contributed by atoms with Crippen molar-refractivity contribution < 1.29 is 9.15 Å². The van der Waals surface area contributed by atoms with E-state index in [9.17, 15) is 0 Å². The fourth-order valence-corrected chi connectivity index (χ4v) is 3.12. The van der Waals surface area contributed by atoms with E-state index in [1.54, 1.807) is 24.5 Å². The largest absolute Gasteiger partial charge is 0.457 e. The summed E-state index contributed by atoms with van der Waals surface area (Å²) in [5, 5.41) is 4.38. The van der Waals surface area contributed by atoms with Crippen molar-refractivity contribution in [2.24, 2.45) is 0 Å². The molecular formula is C22H16Cl2N2O2. The quantitative estimate of drug-likeness (QED) is 0.369. The molecule has 0 spiro atoms. The van der Waals surface area contributed by atoms with E-state index >= 15 is 0 Å². The molecule has 6 heteroatoms. The molecule has 0 aliphatic carbocycles. The Morgan fingerprint density at radius 2 is 1.64 bits per heavy atom. The zero-order chi connectivity index (χ0) is 19.3. The number of anilines is 1. The molecule has 0 aliphatic rings. The van der Waals surface area contributed by atoms with Crippen LogP contribution in [0.5, 0.6) is 11.5 Å². The van der Waals surface area contributed by atoms with Crippen LogP contribution in [-0.4, -0.2) is 4.98 Å². The highest BCUT2D eigenvalue weighted by molar-refractivity contribution is 6.36. The summed E-state index contributed by atoms with van der Waals surface area (Å²) in [6.45, 7) is 0.521. The molecule has 4 rings (SSSR count). The molecular weight excluding hydrogens is 395 g/mol. The molecule has 0 unspecified atom stereocenters. The van der Waals surface area contributed by atoms with Gasteiger partial charge in [-0.25, -0.2) is 4.98 Å². The molecule has 0 saturated carbocycles. The highest BCUT2D eigenvalue weighted by Gasteiger charge is 2.11. The van der Waals surface area contributed by atoms with Gasteiger partial charge in [0.2, 0.25) is 5.89 Å². The summed E-state index contributed by atoms with van der Waals surface area (Å²) in [5.41, 5.74) is 2.43. The Bertz CT molecular complexity index is 1060. The lowest BCUT2D eigenvalue weighted by Crippen LogP contribution is -1.99. The summed E-state index contributed by atoms with van der Waals surface area (Å²) in [5.74, 6) is 2.04. The maximum absolute atomic E-state index is 6.21. The van der Waals surface area contributed by atoms with Crippen molar-refractivity contribution >= 4 is 28.9 Å². The standard InChI is InChI=1S/C22H16Cl2N2O2/c23-15-6-11-20(21(24)12-15)22-26-17(14-27-22)13-25-16-7-9-19(10-8-16)28-18-4-2-1-3-5-18/h1-12,14,25H,13H2. The molecule has 140 valence electrons. The van der Waals surface area contributed by atoms with E-state index in [4.69, 9.17) is 32.4 Å². The van der Waals surface area contributed by atoms with E-state index in [0.717, 1.165) is 22.9 Å². The Labute approximate surface area is 172 Å². The number of aromatic nitrogens is 1. The van der Waals surface area contributed by atoms with Gasteiger partial charge in [0.15, 0.2) is 0 Å². The Hall–Kier alpha value is -2.95. The molecule has 0 aliphatic heterocycles. The van der Waals surface area contributed by atoms with E-state index in [2.05, 4.69) is 10.3 Å². The second-order valence-corrected chi connectivity index (χ2v) is 6.90. The van der Waals surface area contributed by atoms with Gasteiger partial charge >= 0.3 is 0 Å². The van der Waals surface area contributed by atoms with Crippen molar-refractivity contribution in [3.05, 3.63) is 94.8 Å². The molecule has 28 heavy (non-hydrogen) atoms. The second kappa shape index (κ2) is 8.38. The van der Waals surface area contributed by atoms with E-state index in [1.807, 2.05) is 54.6 Å². The summed E-state index contributed by atoms with van der Waals surface area (Å²) in [4.78, 5) is 4.48. The second-order valence-electron chi connectivity index (χ2n) is 6.06. The van der Waals surface area contributed by atoms with Crippen molar-refractivity contribution in [2.45, 2.75) is 6.54 Å². The number of hydrogen-bond acceptors (Lipinski definition) is 4. The average Bonchev–Trinajstić information content (AvgIpc) is 3.17. The number of nitrogens with one attached hydrogen (secondary N) is 1. The molecule has 4 aromatic rings. The van der Waals surface area contributed by atoms with Gasteiger partial charge in [-0.3, -0.25) is 0 Å². The minimum absolute atomic E-state index is 0.463. The van der Waals surface area contributed by atoms with E-state index in [0.29, 0.717) is 28.0 Å². The fraction of sp³-hybridized carbons (Fsp3) is 0.0455. The topological polar surface area (TPSA) is 47.3 Å². The first-order valence-electron chi connectivity index (χ1n) is 8.64. The van der Waals surface area contributed by atoms with Crippen LogP contribution in [0.1, 0.15) is 5.69 Å². The zero-order valence-electron chi connectivity index (χ0n) is 14.7. The Balaban J connectivity index is 1.38. The maximum atomic E-state index is 6.21. The molecule has 0 radical (unpaired) electrons. The third-order valence-corrected chi connectivity index (χ3v) is 4.57. The number of benzene rings is 3. The van der Waals surface area contributed by atoms with Gasteiger partial charge in [0.25, 0.3) is 0 Å². The first-order valence-corrected chi connectivity index (χ1v) is 9.40. The van der Waals surface area contributed by atoms with Crippen LogP contribution in [0.15, 0.2) is 83.5 Å². The number of ether oxygens (including phenoxy) is 1. The molecule has 0 saturated heterocycles. The lowest BCUT2D eigenvalue weighted by Gasteiger charge is -2.07. The summed E-state index contributed by atoms with van der Waals surface area (Å²) >= 11 is 12.1. The van der Waals surface area contributed by atoms with Crippen molar-refractivity contribution in [1.29, 1.82) is 0 Å². The predicted molar refractivity (Wildman–Crippen MR) is 112 cm³/mol. The molecule has 3 aromatic carbocycles. The lowest BCUT2D eigenvalue weighted by atomic mass is 10.2. The molecule has 4 nitrogen and oxygen atoms in total. The normalized spacial score (nSPS) is 10.6. The van der Waals surface area contributed by atoms with E-state index in [1.165, 1.54) is 0 Å². The van der Waals surface area contributed by atoms with E-state index in [-0.39, 0.29) is 0 Å². The smallest absolute Gasteiger partial charge is 0.227 e. The molecule has 0 fully saturated rings. The van der Waals surface area contributed by atoms with Crippen molar-refractivity contribution in [1.82, 2.24) is 4.98 Å². The third-order valence-electron chi connectivity index (χ3n) is 4.02. The average molecular weight is 411 g/mol. The maximum Gasteiger partial charge on any atom is 0.227 e. The van der Waals surface area contributed by atoms with Crippen LogP contribution in [0.4, 0.5) is 5.69 Å². The van der Waals surface area contributed by atoms with Gasteiger partial charge in [-0.1, -0.05) is 41.4 Å². The number of hydrogen-bond donors (Lipinski definition) is 1. The first-order chi connectivity index (χ1) is 13.7. The Kier molecular flexibility index (Phi) is 5.51. The number of para-hydroxylation sites is 1. The number of rotatable bonds is 6. The zero-order valence-corrected chi connectivity index (χ0v) is 16.2. The minimum atomic E-state index is 0.463. The van der Waals surface area contributed by atoms with E-state index < -0.39 is 0 Å². The molecule has 1 aromatic heterocycles. The lowest BCUT2D eigenvalue weighted by molar-refractivity contribution is 0.483. The molecule has 0 bridgehead atoms. The number of halogens is 2. The number of oxazole rings is 1. The molecule has 1 N–H and O–H groups in total. The summed E-state index contributed by atoms with van der Waals surface area (Å²) < 4.78 is 11.3. The van der Waals surface area contributed by atoms with Gasteiger partial charge in [-0.2, -0.15) is 0 Å². The van der Waals surface area contributed by atoms with Crippen LogP contribution in [0.3, 0.4) is 0 Å². The van der Waals surface area contributed by atoms with Crippen LogP contribution < -0.4 is 10.1 Å². The van der Waals surface area contributed by atoms with Crippen molar-refractivity contribution in [3.8, 4) is 23.0 Å². The molecule has 1 heterocycles. The SMILES string of the molecule is Clc1ccc(-c2nc(CNc3ccc(Oc4ccccc4)cc3)co2)c(Cl)c1. The monoisotopic (exact) mass is 410 g/mol. The van der Waals surface area contributed by atoms with Gasteiger partial charge in [0.05, 0.1) is 22.8 Å². The predicted octanol–water partition coefficient (Wildman–Crippen LogP) is 7.05. The summed E-state index contributed by atoms with van der Waals surface area (Å²) in [6.07, 6.45) is 1.61. The van der Waals surface area contributed by atoms with Gasteiger partial charge in [0.1, 0.15) is 17.8 Å². The Morgan fingerprint density at radius 3 is 2.39 bits per heavy atom. The van der Waals surface area contributed by atoms with Crippen molar-refractivity contribution in [2.75, 3.05) is 5.32 Å². The minimum Gasteiger partial charge on any atom is -0.457 e. The van der Waals surface area contributed by atoms with Crippen LogP contribution in [0.2, 0.25) is 10.0 Å². The van der Waals surface area contributed by atoms with Gasteiger partial charge in [-0.05, 0) is 54.6 Å². The van der Waals surface area contributed by atoms with Gasteiger partial charge in [-0.15, -0.1) is 0 Å². The van der Waals surface area contributed by atoms with Crippen LogP contribution >= 0.6 is 23.2 Å². The number of nitrogens with zero attached hydrogens (tertiary/aromatic N) is 1. The highest BCUT2D eigenvalue weighted by atomic mass is 35.5. The van der Waals surface area contributed by atoms with Gasteiger partial charge in [0, 0.05) is 10.7 Å². The summed E-state index contributed by atoms with van der Waals surface area (Å²) in [6, 6.07) is 22.6. The Morgan fingerprint density at radius 1 is 0.893 bits per heavy atom. The van der Waals surface area contributed by atoms with Crippen LogP contribution in [0, 0.1) is 0 Å². The molecule has 0 atom stereocenters. The van der Waals surface area contributed by atoms with Crippen LogP contribution in [0.25, 0.3) is 11.5 Å². The summed E-state index contributed by atoms with van der Waals surface area (Å²) in [7, 11) is 0. The van der Waals surface area contributed by atoms with Crippen LogP contribution in [-0.2, 0) is 6.54 Å². The molecule has 0 amide bonds. The fourth-order valence-electron chi connectivity index (χ4n) is 2.63. The first kappa shape index (κ1) is 18.4. The van der Waals surface area contributed by atoms with Gasteiger partial charge < -0.3 is 14.5 Å². The third kappa shape index (κ3) is 4.47. The van der Waals surface area contributed by atoms with Crippen molar-refractivity contribution in [3.63, 3.8) is 0 Å². The highest BCUT2D eigenvalue weighted by Crippen LogP contribution is 2.30.